The molecule has 0 unspecified atom stereocenters. The quantitative estimate of drug-likeness (QED) is 0.811. The van der Waals surface area contributed by atoms with Crippen LogP contribution in [-0.2, 0) is 16.0 Å². The lowest BCUT2D eigenvalue weighted by Gasteiger charge is -2.21. The number of carbonyl (C=O) groups is 2. The van der Waals surface area contributed by atoms with Crippen LogP contribution in [0.15, 0.2) is 48.5 Å². The summed E-state index contributed by atoms with van der Waals surface area (Å²) < 4.78 is 0. The fourth-order valence-electron chi connectivity index (χ4n) is 2.55. The van der Waals surface area contributed by atoms with Gasteiger partial charge in [0.2, 0.25) is 11.8 Å². The highest BCUT2D eigenvalue weighted by Gasteiger charge is 2.12. The largest absolute Gasteiger partial charge is 0.342 e. The summed E-state index contributed by atoms with van der Waals surface area (Å²) in [4.78, 5) is 25.7. The molecule has 0 aliphatic rings. The minimum atomic E-state index is -0.0942. The molecule has 2 aromatic rings. The van der Waals surface area contributed by atoms with E-state index in [1.54, 1.807) is 4.90 Å². The molecule has 0 aliphatic carbocycles. The van der Waals surface area contributed by atoms with Crippen molar-refractivity contribution in [3.63, 3.8) is 0 Å². The van der Waals surface area contributed by atoms with Crippen molar-refractivity contribution in [2.75, 3.05) is 18.4 Å². The van der Waals surface area contributed by atoms with Crippen LogP contribution in [-0.4, -0.2) is 29.8 Å². The Balaban J connectivity index is 1.85. The Labute approximate surface area is 153 Å². The molecule has 0 fully saturated rings. The zero-order valence-electron chi connectivity index (χ0n) is 14.6. The summed E-state index contributed by atoms with van der Waals surface area (Å²) in [5.41, 5.74) is 2.89. The molecular weight excluding hydrogens is 336 g/mol. The Morgan fingerprint density at radius 3 is 2.52 bits per heavy atom. The fraction of sp³-hybridized carbons (Fsp3) is 0.300. The number of para-hydroxylation sites is 1. The zero-order valence-corrected chi connectivity index (χ0v) is 15.3. The van der Waals surface area contributed by atoms with Crippen LogP contribution in [0.3, 0.4) is 0 Å². The predicted octanol–water partition coefficient (Wildman–Crippen LogP) is 4.07. The van der Waals surface area contributed by atoms with E-state index in [2.05, 4.69) is 5.32 Å². The number of carbonyl (C=O) groups excluding carboxylic acids is 2. The first-order valence-corrected chi connectivity index (χ1v) is 8.69. The third-order valence-electron chi connectivity index (χ3n) is 4.03. The van der Waals surface area contributed by atoms with Crippen LogP contribution in [0.2, 0.25) is 5.02 Å². The van der Waals surface area contributed by atoms with Crippen molar-refractivity contribution in [1.29, 1.82) is 0 Å². The first-order valence-electron chi connectivity index (χ1n) is 8.31. The molecule has 1 N–H and O–H groups in total. The molecular formula is C20H23ClN2O2. The lowest BCUT2D eigenvalue weighted by Crippen LogP contribution is -2.33. The van der Waals surface area contributed by atoms with Gasteiger partial charge in [0.25, 0.3) is 0 Å². The zero-order chi connectivity index (χ0) is 18.2. The summed E-state index contributed by atoms with van der Waals surface area (Å²) in [5, 5.41) is 3.58. The number of rotatable bonds is 7. The fourth-order valence-corrected chi connectivity index (χ4v) is 2.76. The Hall–Kier alpha value is -2.33. The normalized spacial score (nSPS) is 10.4. The van der Waals surface area contributed by atoms with Crippen LogP contribution in [0.5, 0.6) is 0 Å². The number of hydrogen-bond acceptors (Lipinski definition) is 2. The highest BCUT2D eigenvalue weighted by atomic mass is 35.5. The summed E-state index contributed by atoms with van der Waals surface area (Å²) in [5.74, 6) is -0.131. The maximum absolute atomic E-state index is 12.1. The second kappa shape index (κ2) is 9.23. The maximum atomic E-state index is 12.1. The molecule has 2 amide bonds. The number of nitrogens with one attached hydrogen (secondary N) is 1. The van der Waals surface area contributed by atoms with E-state index in [9.17, 15) is 9.59 Å². The van der Waals surface area contributed by atoms with E-state index in [4.69, 9.17) is 11.6 Å². The molecule has 5 heteroatoms. The van der Waals surface area contributed by atoms with Crippen molar-refractivity contribution in [3.8, 4) is 0 Å². The molecule has 0 spiro atoms. The minimum Gasteiger partial charge on any atom is -0.342 e. The highest BCUT2D eigenvalue weighted by molar-refractivity contribution is 6.30. The minimum absolute atomic E-state index is 0.0364. The third-order valence-corrected chi connectivity index (χ3v) is 4.27. The molecule has 0 radical (unpaired) electrons. The second-order valence-electron chi connectivity index (χ2n) is 6.00. The van der Waals surface area contributed by atoms with E-state index in [1.807, 2.05) is 55.5 Å². The molecule has 0 heterocycles. The molecule has 0 saturated carbocycles. The van der Waals surface area contributed by atoms with E-state index in [0.717, 1.165) is 16.8 Å². The van der Waals surface area contributed by atoms with Crippen molar-refractivity contribution in [1.82, 2.24) is 4.90 Å². The van der Waals surface area contributed by atoms with Gasteiger partial charge in [0, 0.05) is 37.1 Å². The number of aryl methyl sites for hydroxylation is 1. The molecule has 0 saturated heterocycles. The monoisotopic (exact) mass is 358 g/mol. The van der Waals surface area contributed by atoms with Crippen LogP contribution in [0, 0.1) is 6.92 Å². The van der Waals surface area contributed by atoms with Crippen molar-refractivity contribution in [2.45, 2.75) is 26.7 Å². The first kappa shape index (κ1) is 19.0. The standard InChI is InChI=1S/C20H23ClN2O2/c1-15-6-3-4-9-19(15)22-20(25)11-13-23(16(2)24)12-10-17-7-5-8-18(21)14-17/h3-9,14H,10-13H2,1-2H3,(H,22,25). The molecule has 2 rings (SSSR count). The smallest absolute Gasteiger partial charge is 0.226 e. The van der Waals surface area contributed by atoms with Gasteiger partial charge < -0.3 is 10.2 Å². The van der Waals surface area contributed by atoms with E-state index in [-0.39, 0.29) is 18.2 Å². The van der Waals surface area contributed by atoms with Gasteiger partial charge in [-0.1, -0.05) is 41.9 Å². The van der Waals surface area contributed by atoms with Gasteiger partial charge in [-0.2, -0.15) is 0 Å². The summed E-state index contributed by atoms with van der Waals surface area (Å²) in [7, 11) is 0. The SMILES string of the molecule is CC(=O)N(CCC(=O)Nc1ccccc1C)CCc1cccc(Cl)c1. The molecule has 4 nitrogen and oxygen atoms in total. The van der Waals surface area contributed by atoms with Crippen LogP contribution in [0.25, 0.3) is 0 Å². The van der Waals surface area contributed by atoms with Crippen molar-refractivity contribution >= 4 is 29.1 Å². The molecule has 0 atom stereocenters. The number of halogens is 1. The Bertz CT molecular complexity index is 746. The van der Waals surface area contributed by atoms with Gasteiger partial charge in [0.1, 0.15) is 0 Å². The first-order chi connectivity index (χ1) is 12.0. The van der Waals surface area contributed by atoms with Crippen LogP contribution in [0.4, 0.5) is 5.69 Å². The van der Waals surface area contributed by atoms with E-state index < -0.39 is 0 Å². The number of hydrogen-bond donors (Lipinski definition) is 1. The number of benzene rings is 2. The van der Waals surface area contributed by atoms with Crippen LogP contribution in [0.1, 0.15) is 24.5 Å². The van der Waals surface area contributed by atoms with Crippen LogP contribution < -0.4 is 5.32 Å². The van der Waals surface area contributed by atoms with Crippen molar-refractivity contribution in [2.24, 2.45) is 0 Å². The van der Waals surface area contributed by atoms with Gasteiger partial charge in [0.05, 0.1) is 0 Å². The van der Waals surface area contributed by atoms with Crippen LogP contribution >= 0.6 is 11.6 Å². The lowest BCUT2D eigenvalue weighted by atomic mass is 10.1. The average Bonchev–Trinajstić information content (AvgIpc) is 2.56. The maximum Gasteiger partial charge on any atom is 0.226 e. The Morgan fingerprint density at radius 1 is 1.08 bits per heavy atom. The Kier molecular flexibility index (Phi) is 7.02. The molecule has 0 aromatic heterocycles. The van der Waals surface area contributed by atoms with Gasteiger partial charge in [-0.05, 0) is 42.7 Å². The second-order valence-corrected chi connectivity index (χ2v) is 6.44. The van der Waals surface area contributed by atoms with Gasteiger partial charge >= 0.3 is 0 Å². The number of amides is 2. The van der Waals surface area contributed by atoms with Crippen molar-refractivity contribution in [3.05, 3.63) is 64.7 Å². The highest BCUT2D eigenvalue weighted by Crippen LogP contribution is 2.14. The summed E-state index contributed by atoms with van der Waals surface area (Å²) in [6.07, 6.45) is 0.975. The predicted molar refractivity (Wildman–Crippen MR) is 102 cm³/mol. The number of nitrogens with zero attached hydrogens (tertiary/aromatic N) is 1. The molecule has 25 heavy (non-hydrogen) atoms. The summed E-state index contributed by atoms with van der Waals surface area (Å²) in [6, 6.07) is 15.2. The van der Waals surface area contributed by atoms with E-state index in [0.29, 0.717) is 24.5 Å². The number of anilines is 1. The molecule has 0 bridgehead atoms. The lowest BCUT2D eigenvalue weighted by molar-refractivity contribution is -0.129. The summed E-state index contributed by atoms with van der Waals surface area (Å²) >= 11 is 5.98. The molecule has 0 aliphatic heterocycles. The van der Waals surface area contributed by atoms with Gasteiger partial charge in [-0.15, -0.1) is 0 Å². The van der Waals surface area contributed by atoms with Crippen molar-refractivity contribution < 1.29 is 9.59 Å². The van der Waals surface area contributed by atoms with Gasteiger partial charge in [-0.25, -0.2) is 0 Å². The topological polar surface area (TPSA) is 49.4 Å². The van der Waals surface area contributed by atoms with E-state index >= 15 is 0 Å². The average molecular weight is 359 g/mol. The molecule has 132 valence electrons. The third kappa shape index (κ3) is 6.24. The Morgan fingerprint density at radius 2 is 1.84 bits per heavy atom. The molecule has 2 aromatic carbocycles. The van der Waals surface area contributed by atoms with E-state index in [1.165, 1.54) is 6.92 Å². The van der Waals surface area contributed by atoms with Gasteiger partial charge in [-0.3, -0.25) is 9.59 Å². The van der Waals surface area contributed by atoms with Gasteiger partial charge in [0.15, 0.2) is 0 Å². The summed E-state index contributed by atoms with van der Waals surface area (Å²) in [6.45, 7) is 4.43.